The van der Waals surface area contributed by atoms with Crippen molar-refractivity contribution in [3.05, 3.63) is 20.8 Å². The summed E-state index contributed by atoms with van der Waals surface area (Å²) < 4.78 is 1.10. The summed E-state index contributed by atoms with van der Waals surface area (Å²) in [6, 6.07) is 2.09. The maximum absolute atomic E-state index is 12.1. The Morgan fingerprint density at radius 3 is 3.00 bits per heavy atom. The Morgan fingerprint density at radius 2 is 2.35 bits per heavy atom. The summed E-state index contributed by atoms with van der Waals surface area (Å²) in [5.74, 6) is 1.57. The van der Waals surface area contributed by atoms with Crippen LogP contribution in [-0.4, -0.2) is 28.9 Å². The number of nitrogens with zero attached hydrogens (tertiary/aromatic N) is 1. The fourth-order valence-electron chi connectivity index (χ4n) is 2.16. The van der Waals surface area contributed by atoms with Crippen LogP contribution < -0.4 is 0 Å². The zero-order valence-electron chi connectivity index (χ0n) is 11.6. The van der Waals surface area contributed by atoms with Crippen LogP contribution in [0.4, 0.5) is 0 Å². The van der Waals surface area contributed by atoms with Gasteiger partial charge in [0, 0.05) is 39.2 Å². The molecular weight excluding hydrogens is 374 g/mol. The van der Waals surface area contributed by atoms with Crippen LogP contribution in [-0.2, 0) is 11.3 Å². The van der Waals surface area contributed by atoms with Gasteiger partial charge in [-0.25, -0.2) is 0 Å². The van der Waals surface area contributed by atoms with Crippen LogP contribution in [0.1, 0.15) is 37.0 Å². The topological polar surface area (TPSA) is 20.3 Å². The van der Waals surface area contributed by atoms with Gasteiger partial charge in [0.15, 0.2) is 0 Å². The monoisotopic (exact) mass is 393 g/mol. The molecular formula is C14H20BrNOS3. The third kappa shape index (κ3) is 5.62. The van der Waals surface area contributed by atoms with Gasteiger partial charge >= 0.3 is 0 Å². The highest BCUT2D eigenvalue weighted by molar-refractivity contribution is 9.10. The number of carbonyl (C=O) groups excluding carboxylic acids is 1. The Labute approximate surface area is 141 Å². The van der Waals surface area contributed by atoms with Crippen LogP contribution in [0.3, 0.4) is 0 Å². The number of thiophene rings is 1. The van der Waals surface area contributed by atoms with Gasteiger partial charge in [-0.05, 0) is 41.3 Å². The first-order valence-corrected chi connectivity index (χ1v) is 11.0. The third-order valence-electron chi connectivity index (χ3n) is 3.33. The SMILES string of the molecule is CN(Cc1cc(Br)cs1)C(=O)CCCCC1CCSS1. The minimum Gasteiger partial charge on any atom is -0.341 e. The van der Waals surface area contributed by atoms with E-state index in [0.29, 0.717) is 6.42 Å². The van der Waals surface area contributed by atoms with E-state index in [1.54, 1.807) is 11.3 Å². The van der Waals surface area contributed by atoms with Crippen molar-refractivity contribution in [1.82, 2.24) is 4.90 Å². The zero-order valence-corrected chi connectivity index (χ0v) is 15.7. The summed E-state index contributed by atoms with van der Waals surface area (Å²) in [5, 5.41) is 2.89. The van der Waals surface area contributed by atoms with E-state index in [0.717, 1.165) is 22.7 Å². The van der Waals surface area contributed by atoms with Gasteiger partial charge in [0.1, 0.15) is 0 Å². The molecule has 2 nitrogen and oxygen atoms in total. The first-order valence-electron chi connectivity index (χ1n) is 6.90. The summed E-state index contributed by atoms with van der Waals surface area (Å²) in [6.07, 6.45) is 5.51. The van der Waals surface area contributed by atoms with Crippen molar-refractivity contribution in [2.24, 2.45) is 0 Å². The second-order valence-corrected chi connectivity index (χ2v) is 9.75. The lowest BCUT2D eigenvalue weighted by Crippen LogP contribution is -2.25. The number of amides is 1. The van der Waals surface area contributed by atoms with Crippen LogP contribution in [0.15, 0.2) is 15.9 Å². The molecule has 0 aliphatic carbocycles. The molecule has 2 heterocycles. The Bertz CT molecular complexity index is 432. The van der Waals surface area contributed by atoms with Crippen molar-refractivity contribution >= 4 is 54.8 Å². The van der Waals surface area contributed by atoms with Gasteiger partial charge in [-0.1, -0.05) is 28.0 Å². The molecule has 1 saturated heterocycles. The van der Waals surface area contributed by atoms with E-state index in [-0.39, 0.29) is 5.91 Å². The highest BCUT2D eigenvalue weighted by Crippen LogP contribution is 2.39. The van der Waals surface area contributed by atoms with Gasteiger partial charge in [0.05, 0.1) is 6.54 Å². The molecule has 1 fully saturated rings. The van der Waals surface area contributed by atoms with Gasteiger partial charge in [-0.2, -0.15) is 0 Å². The highest BCUT2D eigenvalue weighted by atomic mass is 79.9. The fourth-order valence-corrected chi connectivity index (χ4v) is 6.69. The standard InChI is InChI=1S/C14H20BrNOS3/c1-16(9-13-8-11(15)10-18-13)14(17)5-3-2-4-12-6-7-19-20-12/h8,10,12H,2-7,9H2,1H3. The van der Waals surface area contributed by atoms with Crippen molar-refractivity contribution in [3.63, 3.8) is 0 Å². The molecule has 0 spiro atoms. The van der Waals surface area contributed by atoms with Gasteiger partial charge in [-0.15, -0.1) is 11.3 Å². The summed E-state index contributed by atoms with van der Waals surface area (Å²) in [7, 11) is 5.93. The normalized spacial score (nSPS) is 18.4. The minimum atomic E-state index is 0.267. The molecule has 1 amide bonds. The Hall–Kier alpha value is 0.350. The number of hydrogen-bond donors (Lipinski definition) is 0. The maximum atomic E-state index is 12.1. The number of unbranched alkanes of at least 4 members (excludes halogenated alkanes) is 1. The molecule has 0 bridgehead atoms. The van der Waals surface area contributed by atoms with Crippen molar-refractivity contribution in [2.75, 3.05) is 12.8 Å². The lowest BCUT2D eigenvalue weighted by molar-refractivity contribution is -0.130. The minimum absolute atomic E-state index is 0.267. The van der Waals surface area contributed by atoms with Gasteiger partial charge < -0.3 is 4.90 Å². The van der Waals surface area contributed by atoms with E-state index in [1.165, 1.54) is 29.9 Å². The smallest absolute Gasteiger partial charge is 0.222 e. The van der Waals surface area contributed by atoms with E-state index in [1.807, 2.05) is 33.5 Å². The molecule has 1 aromatic rings. The third-order valence-corrected chi connectivity index (χ3v) is 8.02. The number of halogens is 1. The lowest BCUT2D eigenvalue weighted by atomic mass is 10.1. The second-order valence-electron chi connectivity index (χ2n) is 5.06. The molecule has 0 radical (unpaired) electrons. The average molecular weight is 394 g/mol. The largest absolute Gasteiger partial charge is 0.341 e. The van der Waals surface area contributed by atoms with E-state index in [4.69, 9.17) is 0 Å². The molecule has 1 aliphatic rings. The summed E-state index contributed by atoms with van der Waals surface area (Å²) in [6.45, 7) is 0.726. The summed E-state index contributed by atoms with van der Waals surface area (Å²) >= 11 is 5.14. The molecule has 0 N–H and O–H groups in total. The highest BCUT2D eigenvalue weighted by Gasteiger charge is 2.16. The van der Waals surface area contributed by atoms with Crippen molar-refractivity contribution < 1.29 is 4.79 Å². The van der Waals surface area contributed by atoms with Crippen molar-refractivity contribution in [1.29, 1.82) is 0 Å². The van der Waals surface area contributed by atoms with Gasteiger partial charge in [0.2, 0.25) is 5.91 Å². The van der Waals surface area contributed by atoms with Gasteiger partial charge in [-0.3, -0.25) is 4.79 Å². The lowest BCUT2D eigenvalue weighted by Gasteiger charge is -2.16. The van der Waals surface area contributed by atoms with Crippen LogP contribution >= 0.6 is 48.9 Å². The van der Waals surface area contributed by atoms with E-state index >= 15 is 0 Å². The van der Waals surface area contributed by atoms with Crippen LogP contribution in [0, 0.1) is 0 Å². The van der Waals surface area contributed by atoms with Crippen molar-refractivity contribution in [3.8, 4) is 0 Å². The van der Waals surface area contributed by atoms with Crippen LogP contribution in [0.5, 0.6) is 0 Å². The van der Waals surface area contributed by atoms with E-state index in [2.05, 4.69) is 27.4 Å². The molecule has 1 unspecified atom stereocenters. The van der Waals surface area contributed by atoms with Crippen molar-refractivity contribution in [2.45, 2.75) is 43.9 Å². The molecule has 20 heavy (non-hydrogen) atoms. The Morgan fingerprint density at radius 1 is 1.50 bits per heavy atom. The summed E-state index contributed by atoms with van der Waals surface area (Å²) in [4.78, 5) is 15.1. The average Bonchev–Trinajstić information content (AvgIpc) is 3.06. The summed E-state index contributed by atoms with van der Waals surface area (Å²) in [5.41, 5.74) is 0. The quantitative estimate of drug-likeness (QED) is 0.469. The maximum Gasteiger partial charge on any atom is 0.222 e. The van der Waals surface area contributed by atoms with E-state index < -0.39 is 0 Å². The molecule has 1 aliphatic heterocycles. The number of rotatable bonds is 7. The fraction of sp³-hybridized carbons (Fsp3) is 0.643. The second kappa shape index (κ2) is 8.71. The number of carbonyl (C=O) groups is 1. The molecule has 1 aromatic heterocycles. The zero-order chi connectivity index (χ0) is 14.4. The van der Waals surface area contributed by atoms with Crippen LogP contribution in [0.25, 0.3) is 0 Å². The molecule has 0 aromatic carbocycles. The first kappa shape index (κ1) is 16.7. The first-order chi connectivity index (χ1) is 9.65. The molecule has 6 heteroatoms. The molecule has 2 rings (SSSR count). The predicted molar refractivity (Wildman–Crippen MR) is 95.4 cm³/mol. The predicted octanol–water partition coefficient (Wildman–Crippen LogP) is 5.18. The molecule has 1 atom stereocenters. The van der Waals surface area contributed by atoms with Gasteiger partial charge in [0.25, 0.3) is 0 Å². The molecule has 112 valence electrons. The molecule has 0 saturated carbocycles. The Balaban J connectivity index is 1.61. The van der Waals surface area contributed by atoms with E-state index in [9.17, 15) is 4.79 Å². The Kier molecular flexibility index (Phi) is 7.28. The number of hydrogen-bond acceptors (Lipinski definition) is 4. The van der Waals surface area contributed by atoms with Crippen LogP contribution in [0.2, 0.25) is 0 Å².